The number of benzene rings is 1. The smallest absolute Gasteiger partial charge is 0.321 e. The normalized spacial score (nSPS) is 20.3. The zero-order valence-corrected chi connectivity index (χ0v) is 19.2. The third-order valence-electron chi connectivity index (χ3n) is 6.34. The average molecular weight is 463 g/mol. The molecule has 2 amide bonds. The molecule has 2 saturated heterocycles. The van der Waals surface area contributed by atoms with E-state index in [1.807, 2.05) is 48.8 Å². The van der Waals surface area contributed by atoms with Gasteiger partial charge in [0, 0.05) is 50.1 Å². The number of thiophene rings is 1. The van der Waals surface area contributed by atoms with E-state index in [0.717, 1.165) is 22.5 Å². The Kier molecular flexibility index (Phi) is 5.86. The molecule has 0 radical (unpaired) electrons. The first-order chi connectivity index (χ1) is 16.0. The number of rotatable bonds is 6. The number of anilines is 1. The highest BCUT2D eigenvalue weighted by Crippen LogP contribution is 2.32. The van der Waals surface area contributed by atoms with Gasteiger partial charge in [0.1, 0.15) is 5.75 Å². The van der Waals surface area contributed by atoms with E-state index in [2.05, 4.69) is 15.6 Å². The molecule has 1 aromatic carbocycles. The lowest BCUT2D eigenvalue weighted by atomic mass is 9.93. The molecule has 170 valence electrons. The van der Waals surface area contributed by atoms with Crippen molar-refractivity contribution in [2.24, 2.45) is 0 Å². The number of nitrogens with zero attached hydrogens (tertiary/aromatic N) is 2. The number of ketones is 1. The Hall–Kier alpha value is -3.23. The molecule has 3 aromatic rings. The Bertz CT molecular complexity index is 1130. The van der Waals surface area contributed by atoms with Gasteiger partial charge in [-0.25, -0.2) is 4.79 Å². The Morgan fingerprint density at radius 3 is 2.67 bits per heavy atom. The summed E-state index contributed by atoms with van der Waals surface area (Å²) < 4.78 is 6.27. The van der Waals surface area contributed by atoms with Gasteiger partial charge in [0.25, 0.3) is 0 Å². The summed E-state index contributed by atoms with van der Waals surface area (Å²) >= 11 is 1.46. The van der Waals surface area contributed by atoms with Crippen LogP contribution in [0.3, 0.4) is 0 Å². The van der Waals surface area contributed by atoms with Crippen LogP contribution >= 0.6 is 11.3 Å². The third-order valence-corrected chi connectivity index (χ3v) is 7.36. The van der Waals surface area contributed by atoms with Crippen molar-refractivity contribution in [2.75, 3.05) is 31.5 Å². The summed E-state index contributed by atoms with van der Waals surface area (Å²) in [5.74, 6) is 0.971. The Morgan fingerprint density at radius 1 is 1.21 bits per heavy atom. The number of aryl methyl sites for hydroxylation is 1. The molecule has 2 fully saturated rings. The van der Waals surface area contributed by atoms with Gasteiger partial charge in [-0.15, -0.1) is 11.3 Å². The molecule has 2 aliphatic rings. The minimum Gasteiger partial charge on any atom is -0.478 e. The number of carbonyl (C=O) groups is 2. The zero-order valence-electron chi connectivity index (χ0n) is 18.4. The van der Waals surface area contributed by atoms with E-state index >= 15 is 0 Å². The predicted octanol–water partition coefficient (Wildman–Crippen LogP) is 4.08. The second-order valence-electron chi connectivity index (χ2n) is 8.63. The van der Waals surface area contributed by atoms with Crippen LogP contribution in [0.15, 0.2) is 60.2 Å². The minimum atomic E-state index is -0.903. The molecule has 2 aromatic heterocycles. The quantitative estimate of drug-likeness (QED) is 0.540. The van der Waals surface area contributed by atoms with Gasteiger partial charge in [-0.05, 0) is 66.4 Å². The van der Waals surface area contributed by atoms with Crippen molar-refractivity contribution in [1.29, 1.82) is 0 Å². The summed E-state index contributed by atoms with van der Waals surface area (Å²) in [6.45, 7) is 4.53. The molecule has 0 spiro atoms. The lowest BCUT2D eigenvalue weighted by Crippen LogP contribution is -2.50. The number of amides is 2. The van der Waals surface area contributed by atoms with Gasteiger partial charge < -0.3 is 20.3 Å². The van der Waals surface area contributed by atoms with Crippen molar-refractivity contribution >= 4 is 28.8 Å². The van der Waals surface area contributed by atoms with Crippen LogP contribution in [0.1, 0.15) is 33.1 Å². The van der Waals surface area contributed by atoms with E-state index in [1.165, 1.54) is 11.3 Å². The third kappa shape index (κ3) is 4.36. The van der Waals surface area contributed by atoms with E-state index in [4.69, 9.17) is 4.74 Å². The van der Waals surface area contributed by atoms with Crippen LogP contribution in [0.5, 0.6) is 5.75 Å². The Morgan fingerprint density at radius 2 is 2.03 bits per heavy atom. The minimum absolute atomic E-state index is 0.0262. The molecule has 0 aliphatic carbocycles. The van der Waals surface area contributed by atoms with E-state index in [9.17, 15) is 9.59 Å². The second kappa shape index (κ2) is 8.96. The number of pyridine rings is 1. The van der Waals surface area contributed by atoms with E-state index < -0.39 is 5.60 Å². The number of hydrogen-bond donors (Lipinski definition) is 2. The second-order valence-corrected chi connectivity index (χ2v) is 9.54. The number of hydrogen-bond acceptors (Lipinski definition) is 6. The number of aromatic nitrogens is 1. The standard InChI is InChI=1S/C25H26N4O3S/c1-17-8-12-33-22(17)23(30)25(9-11-27-16-25)32-21-6-4-20(5-7-21)28-24(31)29-14-19(15-29)18-3-2-10-26-13-18/h2-8,10,12-13,19,27H,9,11,14-16H2,1H3,(H,28,31)/t25-/m1/s1. The maximum absolute atomic E-state index is 13.3. The maximum atomic E-state index is 13.3. The number of Topliss-reactive ketones (excluding diaryl/α,β-unsaturated/α-hetero) is 1. The monoisotopic (exact) mass is 462 g/mol. The van der Waals surface area contributed by atoms with Gasteiger partial charge in [0.05, 0.1) is 4.88 Å². The van der Waals surface area contributed by atoms with Crippen LogP contribution in [0.2, 0.25) is 0 Å². The predicted molar refractivity (Wildman–Crippen MR) is 128 cm³/mol. The Labute approximate surface area is 196 Å². The highest BCUT2D eigenvalue weighted by atomic mass is 32.1. The van der Waals surface area contributed by atoms with Gasteiger partial charge in [-0.2, -0.15) is 0 Å². The molecule has 8 heteroatoms. The van der Waals surface area contributed by atoms with E-state index in [1.54, 1.807) is 23.2 Å². The van der Waals surface area contributed by atoms with Gasteiger partial charge in [-0.1, -0.05) is 6.07 Å². The summed E-state index contributed by atoms with van der Waals surface area (Å²) in [6, 6.07) is 13.0. The average Bonchev–Trinajstić information content (AvgIpc) is 3.44. The largest absolute Gasteiger partial charge is 0.478 e. The van der Waals surface area contributed by atoms with Crippen LogP contribution in [0.4, 0.5) is 10.5 Å². The molecular weight excluding hydrogens is 436 g/mol. The van der Waals surface area contributed by atoms with Crippen LogP contribution in [0.25, 0.3) is 0 Å². The van der Waals surface area contributed by atoms with E-state index in [0.29, 0.717) is 43.4 Å². The highest BCUT2D eigenvalue weighted by molar-refractivity contribution is 7.12. The molecule has 4 heterocycles. The molecule has 33 heavy (non-hydrogen) atoms. The fraction of sp³-hybridized carbons (Fsp3) is 0.320. The molecule has 0 unspecified atom stereocenters. The van der Waals surface area contributed by atoms with Gasteiger partial charge in [0.2, 0.25) is 5.78 Å². The maximum Gasteiger partial charge on any atom is 0.321 e. The lowest BCUT2D eigenvalue weighted by Gasteiger charge is -2.39. The molecule has 1 atom stereocenters. The summed E-state index contributed by atoms with van der Waals surface area (Å²) in [7, 11) is 0. The lowest BCUT2D eigenvalue weighted by molar-refractivity contribution is 0.0529. The van der Waals surface area contributed by atoms with Crippen molar-refractivity contribution in [2.45, 2.75) is 24.9 Å². The first kappa shape index (κ1) is 21.6. The number of likely N-dealkylation sites (tertiary alicyclic amines) is 1. The molecular formula is C25H26N4O3S. The van der Waals surface area contributed by atoms with Gasteiger partial charge >= 0.3 is 6.03 Å². The summed E-state index contributed by atoms with van der Waals surface area (Å²) in [4.78, 5) is 32.5. The van der Waals surface area contributed by atoms with Crippen molar-refractivity contribution in [3.63, 3.8) is 0 Å². The van der Waals surface area contributed by atoms with E-state index in [-0.39, 0.29) is 11.8 Å². The molecule has 0 saturated carbocycles. The Balaban J connectivity index is 1.20. The molecule has 0 bridgehead atoms. The van der Waals surface area contributed by atoms with Crippen LogP contribution < -0.4 is 15.4 Å². The SMILES string of the molecule is Cc1ccsc1C(=O)[C@@]1(Oc2ccc(NC(=O)N3CC(c4cccnc4)C3)cc2)CCNC1. The number of carbonyl (C=O) groups excluding carboxylic acids is 2. The van der Waals surface area contributed by atoms with Crippen molar-refractivity contribution in [3.05, 3.63) is 76.2 Å². The van der Waals surface area contributed by atoms with Crippen molar-refractivity contribution in [1.82, 2.24) is 15.2 Å². The molecule has 2 aliphatic heterocycles. The fourth-order valence-corrected chi connectivity index (χ4v) is 5.27. The van der Waals surface area contributed by atoms with Crippen molar-refractivity contribution < 1.29 is 14.3 Å². The first-order valence-corrected chi connectivity index (χ1v) is 12.0. The summed E-state index contributed by atoms with van der Waals surface area (Å²) in [5, 5.41) is 8.14. The number of ether oxygens (including phenoxy) is 1. The molecule has 7 nitrogen and oxygen atoms in total. The summed E-state index contributed by atoms with van der Waals surface area (Å²) in [6.07, 6.45) is 4.23. The van der Waals surface area contributed by atoms with Crippen LogP contribution in [-0.2, 0) is 0 Å². The fourth-order valence-electron chi connectivity index (χ4n) is 4.32. The molecule has 2 N–H and O–H groups in total. The number of urea groups is 1. The van der Waals surface area contributed by atoms with Gasteiger partial charge in [-0.3, -0.25) is 9.78 Å². The van der Waals surface area contributed by atoms with Gasteiger partial charge in [0.15, 0.2) is 5.60 Å². The number of nitrogens with one attached hydrogen (secondary N) is 2. The summed E-state index contributed by atoms with van der Waals surface area (Å²) in [5.41, 5.74) is 1.93. The zero-order chi connectivity index (χ0) is 22.8. The van der Waals surface area contributed by atoms with Crippen LogP contribution in [0, 0.1) is 6.92 Å². The molecule has 5 rings (SSSR count). The highest BCUT2D eigenvalue weighted by Gasteiger charge is 2.45. The van der Waals surface area contributed by atoms with Crippen molar-refractivity contribution in [3.8, 4) is 5.75 Å². The van der Waals surface area contributed by atoms with Crippen LogP contribution in [-0.4, -0.2) is 53.5 Å². The topological polar surface area (TPSA) is 83.6 Å². The first-order valence-electron chi connectivity index (χ1n) is 11.1.